The molecule has 0 aliphatic heterocycles. The molecule has 0 bridgehead atoms. The molecule has 1 aromatic heterocycles. The maximum Gasteiger partial charge on any atom is 0.574 e. The van der Waals surface area contributed by atoms with Crippen LogP contribution in [0.3, 0.4) is 0 Å². The molecule has 17 heavy (non-hydrogen) atoms. The molecule has 0 atom stereocenters. The molecule has 3 N–H and O–H groups in total. The number of rotatable bonds is 3. The lowest BCUT2D eigenvalue weighted by Crippen LogP contribution is -2.21. The van der Waals surface area contributed by atoms with Crippen LogP contribution in [-0.2, 0) is 6.54 Å². The lowest BCUT2D eigenvalue weighted by molar-refractivity contribution is -0.276. The average molecular weight is 362 g/mol. The van der Waals surface area contributed by atoms with Crippen molar-refractivity contribution in [2.75, 3.05) is 0 Å². The lowest BCUT2D eigenvalue weighted by atomic mass is 10.2. The summed E-state index contributed by atoms with van der Waals surface area (Å²) in [5.74, 6) is -2.55. The molecule has 0 saturated carbocycles. The molecule has 0 radical (unpaired) electrons. The Labute approximate surface area is 107 Å². The summed E-state index contributed by atoms with van der Waals surface area (Å²) in [5, 5.41) is 8.83. The second-order valence-electron chi connectivity index (χ2n) is 2.83. The lowest BCUT2D eigenvalue weighted by Gasteiger charge is -2.12. The van der Waals surface area contributed by atoms with Crippen LogP contribution in [0.25, 0.3) is 0 Å². The normalized spacial score (nSPS) is 11.4. The zero-order chi connectivity index (χ0) is 13.2. The van der Waals surface area contributed by atoms with Crippen molar-refractivity contribution in [3.63, 3.8) is 0 Å². The third-order valence-corrected chi connectivity index (χ3v) is 2.93. The summed E-state index contributed by atoms with van der Waals surface area (Å²) in [7, 11) is 0. The standard InChI is InChI=1S/C8H6F3IN2O3/c9-8(10,11)17-6-4(7(15)16)5(12)3(1-13)2-14-6/h2H,1,13H2,(H,15,16). The first-order chi connectivity index (χ1) is 7.76. The molecule has 9 heteroatoms. The van der Waals surface area contributed by atoms with Crippen LogP contribution in [0.15, 0.2) is 6.20 Å². The van der Waals surface area contributed by atoms with E-state index in [0.29, 0.717) is 5.56 Å². The largest absolute Gasteiger partial charge is 0.574 e. The Balaban J connectivity index is 3.32. The fraction of sp³-hybridized carbons (Fsp3) is 0.250. The number of aromatic carboxylic acids is 1. The monoisotopic (exact) mass is 362 g/mol. The van der Waals surface area contributed by atoms with Gasteiger partial charge in [-0.1, -0.05) is 0 Å². The van der Waals surface area contributed by atoms with Gasteiger partial charge < -0.3 is 15.6 Å². The maximum absolute atomic E-state index is 12.0. The number of aromatic nitrogens is 1. The first-order valence-corrected chi connectivity index (χ1v) is 5.20. The molecule has 0 spiro atoms. The predicted octanol–water partition coefficient (Wildman–Crippen LogP) is 1.74. The van der Waals surface area contributed by atoms with Gasteiger partial charge in [-0.2, -0.15) is 0 Å². The second-order valence-corrected chi connectivity index (χ2v) is 3.91. The number of halogens is 4. The summed E-state index contributed by atoms with van der Waals surface area (Å²) in [6.45, 7) is -0.0299. The predicted molar refractivity (Wildman–Crippen MR) is 58.5 cm³/mol. The van der Waals surface area contributed by atoms with Crippen LogP contribution in [0, 0.1) is 3.57 Å². The summed E-state index contributed by atoms with van der Waals surface area (Å²) in [4.78, 5) is 14.2. The highest BCUT2D eigenvalue weighted by Crippen LogP contribution is 2.29. The molecular formula is C8H6F3IN2O3. The van der Waals surface area contributed by atoms with Crippen LogP contribution in [0.2, 0.25) is 0 Å². The quantitative estimate of drug-likeness (QED) is 0.801. The number of alkyl halides is 3. The molecule has 0 saturated heterocycles. The van der Waals surface area contributed by atoms with Gasteiger partial charge in [0, 0.05) is 16.3 Å². The molecule has 94 valence electrons. The summed E-state index contributed by atoms with van der Waals surface area (Å²) in [5.41, 5.74) is 4.98. The Bertz CT molecular complexity index is 450. The van der Waals surface area contributed by atoms with Crippen molar-refractivity contribution in [3.05, 3.63) is 20.9 Å². The van der Waals surface area contributed by atoms with Gasteiger partial charge in [-0.3, -0.25) is 0 Å². The first-order valence-electron chi connectivity index (χ1n) is 4.12. The highest BCUT2D eigenvalue weighted by Gasteiger charge is 2.34. The molecular weight excluding hydrogens is 356 g/mol. The Morgan fingerprint density at radius 3 is 2.59 bits per heavy atom. The first kappa shape index (κ1) is 14.0. The van der Waals surface area contributed by atoms with E-state index >= 15 is 0 Å². The molecule has 1 heterocycles. The van der Waals surface area contributed by atoms with Crippen LogP contribution in [-0.4, -0.2) is 22.4 Å². The van der Waals surface area contributed by atoms with E-state index in [1.54, 1.807) is 22.6 Å². The van der Waals surface area contributed by atoms with Gasteiger partial charge in [0.15, 0.2) is 0 Å². The van der Waals surface area contributed by atoms with E-state index in [4.69, 9.17) is 10.8 Å². The fourth-order valence-electron chi connectivity index (χ4n) is 1.03. The van der Waals surface area contributed by atoms with Crippen molar-refractivity contribution in [1.82, 2.24) is 4.98 Å². The number of carbonyl (C=O) groups is 1. The second kappa shape index (κ2) is 5.04. The van der Waals surface area contributed by atoms with Gasteiger partial charge in [-0.15, -0.1) is 13.2 Å². The zero-order valence-corrected chi connectivity index (χ0v) is 10.2. The molecule has 0 aromatic carbocycles. The summed E-state index contributed by atoms with van der Waals surface area (Å²) >= 11 is 1.59. The number of nitrogens with two attached hydrogens (primary N) is 1. The van der Waals surface area contributed by atoms with Gasteiger partial charge in [0.2, 0.25) is 5.88 Å². The number of ether oxygens (including phenoxy) is 1. The molecule has 0 fully saturated rings. The highest BCUT2D eigenvalue weighted by atomic mass is 127. The van der Waals surface area contributed by atoms with Gasteiger partial charge in [0.05, 0.1) is 0 Å². The third kappa shape index (κ3) is 3.43. The summed E-state index contributed by atoms with van der Waals surface area (Å²) in [6, 6.07) is 0. The van der Waals surface area contributed by atoms with E-state index in [9.17, 15) is 18.0 Å². The zero-order valence-electron chi connectivity index (χ0n) is 8.08. The fourth-order valence-corrected chi connectivity index (χ4v) is 1.85. The Morgan fingerprint density at radius 1 is 1.59 bits per heavy atom. The van der Waals surface area contributed by atoms with E-state index in [0.717, 1.165) is 6.20 Å². The Kier molecular flexibility index (Phi) is 4.14. The minimum absolute atomic E-state index is 0.0299. The van der Waals surface area contributed by atoms with Gasteiger partial charge in [0.25, 0.3) is 0 Å². The van der Waals surface area contributed by atoms with Crippen LogP contribution in [0.4, 0.5) is 13.2 Å². The van der Waals surface area contributed by atoms with Crippen molar-refractivity contribution in [1.29, 1.82) is 0 Å². The number of hydrogen-bond acceptors (Lipinski definition) is 4. The minimum atomic E-state index is -5.00. The SMILES string of the molecule is NCc1cnc(OC(F)(F)F)c(C(=O)O)c1I. The van der Waals surface area contributed by atoms with Crippen molar-refractivity contribution in [3.8, 4) is 5.88 Å². The van der Waals surface area contributed by atoms with Crippen LogP contribution in [0.5, 0.6) is 5.88 Å². The molecule has 0 aliphatic rings. The van der Waals surface area contributed by atoms with E-state index in [-0.39, 0.29) is 10.1 Å². The molecule has 0 unspecified atom stereocenters. The van der Waals surface area contributed by atoms with Crippen LogP contribution < -0.4 is 10.5 Å². The highest BCUT2D eigenvalue weighted by molar-refractivity contribution is 14.1. The van der Waals surface area contributed by atoms with Crippen molar-refractivity contribution >= 4 is 28.6 Å². The van der Waals surface area contributed by atoms with E-state index in [1.807, 2.05) is 0 Å². The molecule has 5 nitrogen and oxygen atoms in total. The maximum atomic E-state index is 12.0. The van der Waals surface area contributed by atoms with Gasteiger partial charge in [0.1, 0.15) is 5.56 Å². The minimum Gasteiger partial charge on any atom is -0.477 e. The molecule has 1 rings (SSSR count). The number of carboxylic acids is 1. The Hall–Kier alpha value is -1.10. The smallest absolute Gasteiger partial charge is 0.477 e. The van der Waals surface area contributed by atoms with E-state index in [2.05, 4.69) is 9.72 Å². The summed E-state index contributed by atoms with van der Waals surface area (Å²) < 4.78 is 39.7. The van der Waals surface area contributed by atoms with E-state index in [1.165, 1.54) is 0 Å². The Morgan fingerprint density at radius 2 is 2.18 bits per heavy atom. The number of carboxylic acid groups (broad SMARTS) is 1. The van der Waals surface area contributed by atoms with Crippen LogP contribution >= 0.6 is 22.6 Å². The van der Waals surface area contributed by atoms with E-state index < -0.39 is 23.8 Å². The third-order valence-electron chi connectivity index (χ3n) is 1.70. The van der Waals surface area contributed by atoms with Gasteiger partial charge in [-0.25, -0.2) is 9.78 Å². The van der Waals surface area contributed by atoms with Crippen molar-refractivity contribution < 1.29 is 27.8 Å². The molecule has 0 aliphatic carbocycles. The van der Waals surface area contributed by atoms with Crippen molar-refractivity contribution in [2.45, 2.75) is 12.9 Å². The number of hydrogen-bond donors (Lipinski definition) is 2. The number of nitrogens with zero attached hydrogens (tertiary/aromatic N) is 1. The topological polar surface area (TPSA) is 85.4 Å². The average Bonchev–Trinajstić information content (AvgIpc) is 2.14. The molecule has 0 amide bonds. The van der Waals surface area contributed by atoms with Gasteiger partial charge in [-0.05, 0) is 28.2 Å². The van der Waals surface area contributed by atoms with Crippen LogP contribution in [0.1, 0.15) is 15.9 Å². The van der Waals surface area contributed by atoms with Crippen molar-refractivity contribution in [2.24, 2.45) is 5.73 Å². The number of pyridine rings is 1. The summed E-state index contributed by atoms with van der Waals surface area (Å²) in [6.07, 6.45) is -3.94. The molecule has 1 aromatic rings. The van der Waals surface area contributed by atoms with Gasteiger partial charge >= 0.3 is 12.3 Å².